The second-order valence-electron chi connectivity index (χ2n) is 14.3. The van der Waals surface area contributed by atoms with Crippen LogP contribution in [0.15, 0.2) is 109 Å². The molecule has 2 aliphatic heterocycles. The lowest BCUT2D eigenvalue weighted by molar-refractivity contribution is 0.0955. The minimum atomic E-state index is -0.0149. The van der Waals surface area contributed by atoms with E-state index in [2.05, 4.69) is 34.1 Å². The van der Waals surface area contributed by atoms with Crippen molar-refractivity contribution < 1.29 is 19.1 Å². The second-order valence-corrected chi connectivity index (χ2v) is 14.3. The van der Waals surface area contributed by atoms with Crippen molar-refractivity contribution >= 4 is 11.6 Å². The lowest BCUT2D eigenvalue weighted by Gasteiger charge is -2.24. The van der Waals surface area contributed by atoms with E-state index in [9.17, 15) is 9.59 Å². The first-order valence-electron chi connectivity index (χ1n) is 18.6. The molecule has 0 bridgehead atoms. The molecule has 4 fully saturated rings. The molecule has 0 amide bonds. The van der Waals surface area contributed by atoms with Crippen LogP contribution in [-0.4, -0.2) is 59.8 Å². The zero-order valence-corrected chi connectivity index (χ0v) is 29.5. The van der Waals surface area contributed by atoms with Crippen LogP contribution in [0.4, 0.5) is 0 Å². The Labute approximate surface area is 297 Å². The number of ketones is 2. The summed E-state index contributed by atoms with van der Waals surface area (Å²) >= 11 is 0. The Morgan fingerprint density at radius 1 is 0.480 bits per heavy atom. The molecule has 2 aliphatic carbocycles. The first-order chi connectivity index (χ1) is 24.6. The topological polar surface area (TPSA) is 58.6 Å². The molecule has 50 heavy (non-hydrogen) atoms. The predicted molar refractivity (Wildman–Crippen MR) is 198 cm³/mol. The summed E-state index contributed by atoms with van der Waals surface area (Å²) in [4.78, 5) is 31.1. The van der Waals surface area contributed by atoms with Crippen molar-refractivity contribution in [2.45, 2.75) is 100 Å². The van der Waals surface area contributed by atoms with Gasteiger partial charge in [-0.3, -0.25) is 19.4 Å². The van der Waals surface area contributed by atoms with Gasteiger partial charge in [0, 0.05) is 23.2 Å². The number of hydrogen-bond acceptors (Lipinski definition) is 6. The molecule has 2 saturated carbocycles. The number of hydrogen-bond donors (Lipinski definition) is 0. The average molecular weight is 671 g/mol. The van der Waals surface area contributed by atoms with Gasteiger partial charge in [0.2, 0.25) is 0 Å². The maximum absolute atomic E-state index is 13.1. The zero-order valence-electron chi connectivity index (χ0n) is 29.5. The van der Waals surface area contributed by atoms with Gasteiger partial charge in [-0.25, -0.2) is 0 Å². The molecule has 0 spiro atoms. The van der Waals surface area contributed by atoms with Crippen LogP contribution in [0.3, 0.4) is 0 Å². The summed E-state index contributed by atoms with van der Waals surface area (Å²) < 4.78 is 10.6. The molecule has 4 aromatic rings. The molecule has 8 rings (SSSR count). The highest BCUT2D eigenvalue weighted by atomic mass is 16.5. The number of nitrogens with zero attached hydrogens (tertiary/aromatic N) is 2. The Kier molecular flexibility index (Phi) is 10.8. The Morgan fingerprint density at radius 2 is 0.820 bits per heavy atom. The van der Waals surface area contributed by atoms with Crippen LogP contribution in [0, 0.1) is 0 Å². The van der Waals surface area contributed by atoms with Crippen molar-refractivity contribution in [1.29, 1.82) is 0 Å². The number of methoxy groups -OCH3 is 2. The van der Waals surface area contributed by atoms with Crippen LogP contribution < -0.4 is 9.47 Å². The Bertz CT molecular complexity index is 1570. The average Bonchev–Trinajstić information content (AvgIpc) is 4.13. The van der Waals surface area contributed by atoms with Gasteiger partial charge in [0.25, 0.3) is 0 Å². The number of ether oxygens (including phenoxy) is 2. The van der Waals surface area contributed by atoms with Crippen molar-refractivity contribution in [1.82, 2.24) is 9.80 Å². The third-order valence-electron chi connectivity index (χ3n) is 11.3. The van der Waals surface area contributed by atoms with Gasteiger partial charge in [-0.2, -0.15) is 0 Å². The molecule has 6 atom stereocenters. The predicted octanol–water partition coefficient (Wildman–Crippen LogP) is 9.27. The van der Waals surface area contributed by atoms with Gasteiger partial charge in [-0.1, -0.05) is 123 Å². The summed E-state index contributed by atoms with van der Waals surface area (Å²) in [5.74, 6) is 2.23. The van der Waals surface area contributed by atoms with Gasteiger partial charge in [-0.05, 0) is 61.1 Å². The van der Waals surface area contributed by atoms with Gasteiger partial charge in [-0.15, -0.1) is 0 Å². The number of carbonyl (C=O) groups excluding carboxylic acids is 2. The summed E-state index contributed by atoms with van der Waals surface area (Å²) in [6.07, 6.45) is 12.6. The summed E-state index contributed by atoms with van der Waals surface area (Å²) in [6.45, 7) is 0. The highest BCUT2D eigenvalue weighted by Crippen LogP contribution is 2.50. The Balaban J connectivity index is 0.000000157. The largest absolute Gasteiger partial charge is 0.497 e. The molecule has 260 valence electrons. The van der Waals surface area contributed by atoms with Crippen molar-refractivity contribution in [2.75, 3.05) is 14.2 Å². The van der Waals surface area contributed by atoms with Crippen molar-refractivity contribution in [3.05, 3.63) is 131 Å². The van der Waals surface area contributed by atoms with E-state index < -0.39 is 0 Å². The Hall–Kier alpha value is -4.26. The van der Waals surface area contributed by atoms with E-state index in [0.717, 1.165) is 22.6 Å². The van der Waals surface area contributed by atoms with Crippen molar-refractivity contribution in [3.8, 4) is 11.5 Å². The third-order valence-corrected chi connectivity index (χ3v) is 11.3. The molecule has 6 nitrogen and oxygen atoms in total. The van der Waals surface area contributed by atoms with E-state index in [1.54, 1.807) is 14.2 Å². The van der Waals surface area contributed by atoms with E-state index >= 15 is 0 Å². The number of Topliss-reactive ketones (excluding diaryl/α,β-unsaturated/α-hetero) is 2. The minimum Gasteiger partial charge on any atom is -0.497 e. The lowest BCUT2D eigenvalue weighted by atomic mass is 9.95. The molecule has 0 N–H and O–H groups in total. The molecule has 4 aliphatic rings. The molecule has 4 aromatic carbocycles. The smallest absolute Gasteiger partial charge is 0.181 e. The fourth-order valence-corrected chi connectivity index (χ4v) is 8.58. The SMILES string of the molecule is COc1ccc(C2C(C(=O)c3ccccc3)N2C2CCCCC2)cc1.COc1ccc(C2C(C(=O)c3ccccc3)N2C2CCCCC2)cc1. The van der Waals surface area contributed by atoms with Gasteiger partial charge >= 0.3 is 0 Å². The van der Waals surface area contributed by atoms with E-state index in [4.69, 9.17) is 9.47 Å². The summed E-state index contributed by atoms with van der Waals surface area (Å²) in [6, 6.07) is 37.3. The standard InChI is InChI=1S/2C22H25NO2/c2*1-25-19-14-12-16(13-15-19)20-21(22(24)17-8-4-2-5-9-17)23(20)18-10-6-3-7-11-18/h2*2,4-5,8-9,12-15,18,20-21H,3,6-7,10-11H2,1H3. The molecule has 0 radical (unpaired) electrons. The number of rotatable bonds is 10. The summed E-state index contributed by atoms with van der Waals surface area (Å²) in [5.41, 5.74) is 4.09. The van der Waals surface area contributed by atoms with Crippen LogP contribution >= 0.6 is 0 Å². The molecule has 6 heteroatoms. The quantitative estimate of drug-likeness (QED) is 0.124. The highest BCUT2D eigenvalue weighted by molar-refractivity contribution is 6.03. The molecule has 2 heterocycles. The van der Waals surface area contributed by atoms with Crippen molar-refractivity contribution in [3.63, 3.8) is 0 Å². The van der Waals surface area contributed by atoms with Crippen LogP contribution in [0.1, 0.15) is 108 Å². The van der Waals surface area contributed by atoms with Gasteiger partial charge in [0.05, 0.1) is 38.4 Å². The van der Waals surface area contributed by atoms with Crippen LogP contribution in [0.25, 0.3) is 0 Å². The van der Waals surface area contributed by atoms with E-state index in [-0.39, 0.29) is 35.7 Å². The maximum atomic E-state index is 13.1. The molecule has 2 saturated heterocycles. The monoisotopic (exact) mass is 670 g/mol. The summed E-state index contributed by atoms with van der Waals surface area (Å²) in [5, 5.41) is 0. The van der Waals surface area contributed by atoms with Gasteiger partial charge < -0.3 is 9.47 Å². The van der Waals surface area contributed by atoms with Crippen LogP contribution in [0.2, 0.25) is 0 Å². The van der Waals surface area contributed by atoms with Gasteiger partial charge in [0.1, 0.15) is 11.5 Å². The van der Waals surface area contributed by atoms with E-state index in [0.29, 0.717) is 12.1 Å². The molecule has 0 aromatic heterocycles. The van der Waals surface area contributed by atoms with Crippen LogP contribution in [-0.2, 0) is 0 Å². The van der Waals surface area contributed by atoms with E-state index in [1.165, 1.54) is 75.3 Å². The molecule has 6 unspecified atom stereocenters. The lowest BCUT2D eigenvalue weighted by Crippen LogP contribution is -2.26. The number of benzene rings is 4. The first-order valence-corrected chi connectivity index (χ1v) is 18.6. The fourth-order valence-electron chi connectivity index (χ4n) is 8.58. The highest BCUT2D eigenvalue weighted by Gasteiger charge is 2.57. The minimum absolute atomic E-state index is 0.0149. The van der Waals surface area contributed by atoms with Crippen LogP contribution in [0.5, 0.6) is 11.5 Å². The number of carbonyl (C=O) groups is 2. The Morgan fingerprint density at radius 3 is 1.14 bits per heavy atom. The normalized spacial score (nSPS) is 26.2. The van der Waals surface area contributed by atoms with E-state index in [1.807, 2.05) is 84.9 Å². The third kappa shape index (κ3) is 7.42. The molecular weight excluding hydrogens is 620 g/mol. The summed E-state index contributed by atoms with van der Waals surface area (Å²) in [7, 11) is 3.37. The molecular formula is C44H50N2O4. The van der Waals surface area contributed by atoms with Gasteiger partial charge in [0.15, 0.2) is 11.6 Å². The first kappa shape index (κ1) is 34.2. The fraction of sp³-hybridized carbons (Fsp3) is 0.409. The van der Waals surface area contributed by atoms with Crippen molar-refractivity contribution in [2.24, 2.45) is 0 Å². The maximum Gasteiger partial charge on any atom is 0.181 e. The zero-order chi connectivity index (χ0) is 34.5. The second kappa shape index (κ2) is 15.7.